The first kappa shape index (κ1) is 21.5. The Morgan fingerprint density at radius 1 is 1.26 bits per heavy atom. The number of carbonyl (C=O) groups excluding carboxylic acids is 2. The maximum atomic E-state index is 11.9. The van der Waals surface area contributed by atoms with E-state index >= 15 is 0 Å². The molecule has 10 heteroatoms. The first-order valence-corrected chi connectivity index (χ1v) is 8.35. The molecular formula is C17H24O10. The summed E-state index contributed by atoms with van der Waals surface area (Å²) in [7, 11) is 1.20. The topological polar surface area (TPSA) is 152 Å². The average Bonchev–Trinajstić information content (AvgIpc) is 2.68. The van der Waals surface area contributed by atoms with Gasteiger partial charge in [-0.15, -0.1) is 6.58 Å². The summed E-state index contributed by atoms with van der Waals surface area (Å²) in [5.74, 6) is -1.99. The van der Waals surface area contributed by atoms with Crippen LogP contribution in [0, 0.1) is 11.8 Å². The minimum atomic E-state index is -1.62. The van der Waals surface area contributed by atoms with E-state index in [2.05, 4.69) is 11.3 Å². The molecule has 0 unspecified atom stereocenters. The number of esters is 1. The Labute approximate surface area is 155 Å². The normalized spacial score (nSPS) is 39.1. The number of aliphatic hydroxyl groups excluding tert-OH is 4. The fraction of sp³-hybridized carbons (Fsp3) is 0.647. The van der Waals surface area contributed by atoms with Crippen LogP contribution in [0.15, 0.2) is 24.5 Å². The average molecular weight is 388 g/mol. The van der Waals surface area contributed by atoms with Crippen LogP contribution in [0.2, 0.25) is 0 Å². The van der Waals surface area contributed by atoms with Gasteiger partial charge in [-0.25, -0.2) is 4.79 Å². The van der Waals surface area contributed by atoms with E-state index in [9.17, 15) is 30.0 Å². The molecule has 0 aliphatic carbocycles. The van der Waals surface area contributed by atoms with Crippen molar-refractivity contribution < 1.29 is 49.0 Å². The molecule has 1 fully saturated rings. The molecule has 152 valence electrons. The van der Waals surface area contributed by atoms with E-state index in [0.29, 0.717) is 6.29 Å². The summed E-state index contributed by atoms with van der Waals surface area (Å²) >= 11 is 0. The highest BCUT2D eigenvalue weighted by Gasteiger charge is 2.47. The molecule has 2 rings (SSSR count). The Morgan fingerprint density at radius 2 is 1.96 bits per heavy atom. The minimum absolute atomic E-state index is 0.0322. The van der Waals surface area contributed by atoms with Gasteiger partial charge in [0.2, 0.25) is 6.29 Å². The van der Waals surface area contributed by atoms with Crippen molar-refractivity contribution in [3.8, 4) is 0 Å². The van der Waals surface area contributed by atoms with E-state index in [0.717, 1.165) is 6.26 Å². The predicted molar refractivity (Wildman–Crippen MR) is 87.7 cm³/mol. The van der Waals surface area contributed by atoms with Crippen molar-refractivity contribution in [3.63, 3.8) is 0 Å². The third-order valence-electron chi connectivity index (χ3n) is 4.67. The second-order valence-corrected chi connectivity index (χ2v) is 6.22. The zero-order valence-electron chi connectivity index (χ0n) is 14.7. The van der Waals surface area contributed by atoms with Crippen molar-refractivity contribution in [2.24, 2.45) is 11.8 Å². The van der Waals surface area contributed by atoms with Crippen molar-refractivity contribution in [1.29, 1.82) is 0 Å². The van der Waals surface area contributed by atoms with Crippen LogP contribution in [-0.2, 0) is 28.5 Å². The summed E-state index contributed by atoms with van der Waals surface area (Å²) in [6.07, 6.45) is -5.31. The summed E-state index contributed by atoms with van der Waals surface area (Å²) in [5.41, 5.74) is 0.128. The standard InChI is InChI=1S/C17H24O10/c1-3-8-9(4-5-18)10(15(23)24-2)7-25-16(8)27-17-14(22)13(21)12(20)11(6-19)26-17/h3,5,7-9,11-14,16-17,19-22H,1,4,6H2,2H3/t8-,9-,11-,12-,13+,14-,16+,17+/m1/s1. The lowest BCUT2D eigenvalue weighted by Gasteiger charge is -2.42. The molecule has 2 aliphatic heterocycles. The molecule has 0 aromatic carbocycles. The Hall–Kier alpha value is -1.82. The summed E-state index contributed by atoms with van der Waals surface area (Å²) in [5, 5.41) is 39.0. The van der Waals surface area contributed by atoms with Crippen molar-refractivity contribution in [1.82, 2.24) is 0 Å². The van der Waals surface area contributed by atoms with Gasteiger partial charge in [-0.2, -0.15) is 0 Å². The summed E-state index contributed by atoms with van der Waals surface area (Å²) in [6.45, 7) is 3.06. The molecule has 0 aromatic rings. The Bertz CT molecular complexity index is 574. The van der Waals surface area contributed by atoms with Gasteiger partial charge in [0.25, 0.3) is 0 Å². The van der Waals surface area contributed by atoms with Crippen LogP contribution in [0.5, 0.6) is 0 Å². The number of hydrogen-bond donors (Lipinski definition) is 4. The van der Waals surface area contributed by atoms with Gasteiger partial charge < -0.3 is 44.2 Å². The van der Waals surface area contributed by atoms with E-state index in [1.165, 1.54) is 13.2 Å². The SMILES string of the molecule is C=C[C@H]1[C@H](O[C@@H]2O[C@H](CO)[C@@H](O)[C@H](O)[C@H]2O)OC=C(C(=O)OC)[C@@H]1CC=O. The molecule has 0 aromatic heterocycles. The fourth-order valence-corrected chi connectivity index (χ4v) is 3.13. The molecule has 2 heterocycles. The number of ether oxygens (including phenoxy) is 4. The number of aliphatic hydroxyl groups is 4. The smallest absolute Gasteiger partial charge is 0.337 e. The highest BCUT2D eigenvalue weighted by Crippen LogP contribution is 2.36. The molecule has 2 aliphatic rings. The molecule has 1 saturated heterocycles. The first-order valence-electron chi connectivity index (χ1n) is 8.35. The third-order valence-corrected chi connectivity index (χ3v) is 4.67. The molecule has 0 saturated carbocycles. The maximum Gasteiger partial charge on any atom is 0.337 e. The van der Waals surface area contributed by atoms with E-state index in [-0.39, 0.29) is 12.0 Å². The van der Waals surface area contributed by atoms with Gasteiger partial charge in [0, 0.05) is 18.3 Å². The lowest BCUT2D eigenvalue weighted by molar-refractivity contribution is -0.339. The van der Waals surface area contributed by atoms with Crippen molar-refractivity contribution in [2.45, 2.75) is 43.4 Å². The molecule has 4 N–H and O–H groups in total. The van der Waals surface area contributed by atoms with Crippen LogP contribution in [0.4, 0.5) is 0 Å². The number of carbonyl (C=O) groups is 2. The summed E-state index contributed by atoms with van der Waals surface area (Å²) < 4.78 is 21.0. The van der Waals surface area contributed by atoms with Crippen LogP contribution in [0.1, 0.15) is 6.42 Å². The molecular weight excluding hydrogens is 364 g/mol. The third kappa shape index (κ3) is 4.37. The molecule has 27 heavy (non-hydrogen) atoms. The van der Waals surface area contributed by atoms with Crippen LogP contribution < -0.4 is 0 Å². The molecule has 0 spiro atoms. The lowest BCUT2D eigenvalue weighted by atomic mass is 9.82. The number of methoxy groups -OCH3 is 1. The molecule has 0 amide bonds. The van der Waals surface area contributed by atoms with Crippen LogP contribution in [-0.4, -0.2) is 83.4 Å². The number of hydrogen-bond acceptors (Lipinski definition) is 10. The lowest BCUT2D eigenvalue weighted by Crippen LogP contribution is -2.60. The van der Waals surface area contributed by atoms with E-state index in [4.69, 9.17) is 14.2 Å². The number of aldehydes is 1. The predicted octanol–water partition coefficient (Wildman–Crippen LogP) is -1.78. The Balaban J connectivity index is 2.22. The van der Waals surface area contributed by atoms with Crippen LogP contribution >= 0.6 is 0 Å². The van der Waals surface area contributed by atoms with Gasteiger partial charge in [0.05, 0.1) is 25.6 Å². The molecule has 0 radical (unpaired) electrons. The van der Waals surface area contributed by atoms with Crippen LogP contribution in [0.3, 0.4) is 0 Å². The zero-order chi connectivity index (χ0) is 20.1. The second-order valence-electron chi connectivity index (χ2n) is 6.22. The molecule has 0 bridgehead atoms. The zero-order valence-corrected chi connectivity index (χ0v) is 14.7. The summed E-state index contributed by atoms with van der Waals surface area (Å²) in [6, 6.07) is 0. The van der Waals surface area contributed by atoms with Gasteiger partial charge in [-0.05, 0) is 0 Å². The van der Waals surface area contributed by atoms with E-state index in [1.54, 1.807) is 0 Å². The summed E-state index contributed by atoms with van der Waals surface area (Å²) in [4.78, 5) is 23.0. The largest absolute Gasteiger partial charge is 0.471 e. The van der Waals surface area contributed by atoms with Crippen molar-refractivity contribution >= 4 is 12.3 Å². The van der Waals surface area contributed by atoms with Gasteiger partial charge in [0.1, 0.15) is 30.7 Å². The number of rotatable bonds is 7. The molecule has 10 nitrogen and oxygen atoms in total. The first-order chi connectivity index (χ1) is 12.9. The maximum absolute atomic E-state index is 11.9. The fourth-order valence-electron chi connectivity index (χ4n) is 3.13. The van der Waals surface area contributed by atoms with E-state index in [1.807, 2.05) is 0 Å². The highest BCUT2D eigenvalue weighted by atomic mass is 16.8. The molecule has 8 atom stereocenters. The quantitative estimate of drug-likeness (QED) is 0.224. The van der Waals surface area contributed by atoms with Gasteiger partial charge in [-0.1, -0.05) is 6.08 Å². The van der Waals surface area contributed by atoms with Crippen LogP contribution in [0.25, 0.3) is 0 Å². The van der Waals surface area contributed by atoms with Crippen molar-refractivity contribution in [2.75, 3.05) is 13.7 Å². The van der Waals surface area contributed by atoms with Crippen molar-refractivity contribution in [3.05, 3.63) is 24.5 Å². The Kier molecular flexibility index (Phi) is 7.48. The van der Waals surface area contributed by atoms with Gasteiger partial charge in [0.15, 0.2) is 6.29 Å². The van der Waals surface area contributed by atoms with Gasteiger partial charge >= 0.3 is 5.97 Å². The van der Waals surface area contributed by atoms with Gasteiger partial charge in [-0.3, -0.25) is 0 Å². The minimum Gasteiger partial charge on any atom is -0.471 e. The highest BCUT2D eigenvalue weighted by molar-refractivity contribution is 5.89. The van der Waals surface area contributed by atoms with E-state index < -0.39 is 61.4 Å². The second kappa shape index (κ2) is 9.40. The monoisotopic (exact) mass is 388 g/mol. The Morgan fingerprint density at radius 3 is 2.52 bits per heavy atom.